The lowest BCUT2D eigenvalue weighted by Crippen LogP contribution is -2.49. The van der Waals surface area contributed by atoms with Gasteiger partial charge in [-0.3, -0.25) is 4.79 Å². The van der Waals surface area contributed by atoms with Gasteiger partial charge in [0.2, 0.25) is 5.91 Å². The zero-order valence-corrected chi connectivity index (χ0v) is 18.9. The van der Waals surface area contributed by atoms with Gasteiger partial charge in [0.1, 0.15) is 17.6 Å². The molecule has 1 aromatic carbocycles. The quantitative estimate of drug-likeness (QED) is 0.735. The third-order valence-corrected chi connectivity index (χ3v) is 7.63. The van der Waals surface area contributed by atoms with Crippen LogP contribution in [-0.4, -0.2) is 30.7 Å². The highest BCUT2D eigenvalue weighted by molar-refractivity contribution is 5.85. The highest BCUT2D eigenvalue weighted by atomic mass is 35.5. The van der Waals surface area contributed by atoms with E-state index in [1.165, 1.54) is 30.4 Å². The van der Waals surface area contributed by atoms with Gasteiger partial charge in [0.05, 0.1) is 6.61 Å². The number of rotatable bonds is 5. The molecule has 0 saturated heterocycles. The van der Waals surface area contributed by atoms with Gasteiger partial charge in [-0.2, -0.15) is 0 Å². The molecular formula is C24H35ClN2O3. The molecule has 3 fully saturated rings. The maximum absolute atomic E-state index is 13.0. The van der Waals surface area contributed by atoms with E-state index in [0.29, 0.717) is 30.4 Å². The van der Waals surface area contributed by atoms with Gasteiger partial charge in [0, 0.05) is 41.5 Å². The predicted octanol–water partition coefficient (Wildman–Crippen LogP) is 3.96. The first kappa shape index (κ1) is 21.8. The van der Waals surface area contributed by atoms with E-state index in [-0.39, 0.29) is 36.4 Å². The number of fused-ring (bicyclic) bond motifs is 3. The molecule has 1 aromatic rings. The third-order valence-electron chi connectivity index (χ3n) is 7.63. The minimum absolute atomic E-state index is 0. The van der Waals surface area contributed by atoms with Gasteiger partial charge < -0.3 is 20.5 Å². The molecule has 1 heterocycles. The zero-order valence-electron chi connectivity index (χ0n) is 18.1. The van der Waals surface area contributed by atoms with Crippen LogP contribution < -0.4 is 20.5 Å². The van der Waals surface area contributed by atoms with Gasteiger partial charge in [-0.1, -0.05) is 6.42 Å². The SMILES string of the molecule is CCOc1cc2c(cc1C1CC1NC(=O)C1CC3CCCC(C1)C3N)OC(C)C2.Cl. The average molecular weight is 435 g/mol. The Morgan fingerprint density at radius 3 is 2.67 bits per heavy atom. The molecule has 0 spiro atoms. The Morgan fingerprint density at radius 1 is 1.23 bits per heavy atom. The van der Waals surface area contributed by atoms with E-state index in [0.717, 1.165) is 37.2 Å². The van der Waals surface area contributed by atoms with E-state index in [2.05, 4.69) is 24.4 Å². The van der Waals surface area contributed by atoms with E-state index in [1.807, 2.05) is 6.92 Å². The molecule has 4 aliphatic rings. The molecule has 166 valence electrons. The normalized spacial score (nSPS) is 36.2. The van der Waals surface area contributed by atoms with Gasteiger partial charge in [-0.15, -0.1) is 12.4 Å². The first-order valence-electron chi connectivity index (χ1n) is 11.6. The van der Waals surface area contributed by atoms with Crippen LogP contribution in [0.15, 0.2) is 12.1 Å². The van der Waals surface area contributed by atoms with Crippen molar-refractivity contribution in [3.05, 3.63) is 23.3 Å². The van der Waals surface area contributed by atoms with Gasteiger partial charge >= 0.3 is 0 Å². The van der Waals surface area contributed by atoms with Crippen LogP contribution in [-0.2, 0) is 11.2 Å². The van der Waals surface area contributed by atoms with E-state index < -0.39 is 0 Å². The van der Waals surface area contributed by atoms with Crippen LogP contribution in [0.5, 0.6) is 11.5 Å². The lowest BCUT2D eigenvalue weighted by atomic mass is 9.65. The van der Waals surface area contributed by atoms with Gasteiger partial charge in [0.25, 0.3) is 0 Å². The summed E-state index contributed by atoms with van der Waals surface area (Å²) in [6, 6.07) is 4.83. The molecule has 5 atom stereocenters. The van der Waals surface area contributed by atoms with Crippen molar-refractivity contribution >= 4 is 18.3 Å². The maximum atomic E-state index is 13.0. The van der Waals surface area contributed by atoms with E-state index in [9.17, 15) is 4.79 Å². The number of amides is 1. The Morgan fingerprint density at radius 2 is 1.97 bits per heavy atom. The van der Waals surface area contributed by atoms with Crippen molar-refractivity contribution in [2.45, 2.75) is 82.9 Å². The summed E-state index contributed by atoms with van der Waals surface area (Å²) in [5.74, 6) is 3.73. The van der Waals surface area contributed by atoms with Gasteiger partial charge in [-0.25, -0.2) is 0 Å². The predicted molar refractivity (Wildman–Crippen MR) is 119 cm³/mol. The number of nitrogens with one attached hydrogen (secondary N) is 1. The molecule has 6 heteroatoms. The molecule has 0 aromatic heterocycles. The molecule has 3 saturated carbocycles. The van der Waals surface area contributed by atoms with E-state index in [4.69, 9.17) is 15.2 Å². The highest BCUT2D eigenvalue weighted by Crippen LogP contribution is 2.49. The van der Waals surface area contributed by atoms with Crippen LogP contribution in [0.25, 0.3) is 0 Å². The highest BCUT2D eigenvalue weighted by Gasteiger charge is 2.45. The number of halogens is 1. The van der Waals surface area contributed by atoms with Crippen LogP contribution in [0.2, 0.25) is 0 Å². The smallest absolute Gasteiger partial charge is 0.223 e. The Kier molecular flexibility index (Phi) is 6.23. The molecular weight excluding hydrogens is 400 g/mol. The summed E-state index contributed by atoms with van der Waals surface area (Å²) in [6.07, 6.45) is 7.75. The van der Waals surface area contributed by atoms with Crippen molar-refractivity contribution in [3.8, 4) is 11.5 Å². The van der Waals surface area contributed by atoms with Crippen molar-refractivity contribution in [3.63, 3.8) is 0 Å². The fraction of sp³-hybridized carbons (Fsp3) is 0.708. The number of carbonyl (C=O) groups is 1. The molecule has 1 aliphatic heterocycles. The van der Waals surface area contributed by atoms with E-state index >= 15 is 0 Å². The summed E-state index contributed by atoms with van der Waals surface area (Å²) < 4.78 is 11.9. The minimum atomic E-state index is 0. The van der Waals surface area contributed by atoms with Crippen LogP contribution in [0, 0.1) is 17.8 Å². The molecule has 5 nitrogen and oxygen atoms in total. The summed E-state index contributed by atoms with van der Waals surface area (Å²) in [4.78, 5) is 13.0. The van der Waals surface area contributed by atoms with Crippen LogP contribution >= 0.6 is 12.4 Å². The largest absolute Gasteiger partial charge is 0.494 e. The molecule has 2 bridgehead atoms. The molecule has 5 unspecified atom stereocenters. The number of ether oxygens (including phenoxy) is 2. The second-order valence-electron chi connectivity index (χ2n) is 9.72. The average Bonchev–Trinajstić information content (AvgIpc) is 3.32. The Bertz CT molecular complexity index is 787. The number of hydrogen-bond acceptors (Lipinski definition) is 4. The molecule has 0 radical (unpaired) electrons. The van der Waals surface area contributed by atoms with Gasteiger partial charge in [0.15, 0.2) is 0 Å². The van der Waals surface area contributed by atoms with Crippen molar-refractivity contribution in [1.29, 1.82) is 0 Å². The Labute approximate surface area is 185 Å². The van der Waals surface area contributed by atoms with Gasteiger partial charge in [-0.05, 0) is 69.9 Å². The van der Waals surface area contributed by atoms with Crippen LogP contribution in [0.1, 0.15) is 69.4 Å². The number of carbonyl (C=O) groups excluding carboxylic acids is 1. The van der Waals surface area contributed by atoms with Crippen molar-refractivity contribution in [2.75, 3.05) is 6.61 Å². The fourth-order valence-electron chi connectivity index (χ4n) is 6.03. The summed E-state index contributed by atoms with van der Waals surface area (Å²) >= 11 is 0. The summed E-state index contributed by atoms with van der Waals surface area (Å²) in [5, 5.41) is 3.35. The van der Waals surface area contributed by atoms with Crippen LogP contribution in [0.4, 0.5) is 0 Å². The monoisotopic (exact) mass is 434 g/mol. The molecule has 3 N–H and O–H groups in total. The second-order valence-corrected chi connectivity index (χ2v) is 9.72. The number of hydrogen-bond donors (Lipinski definition) is 2. The van der Waals surface area contributed by atoms with Crippen LogP contribution in [0.3, 0.4) is 0 Å². The summed E-state index contributed by atoms with van der Waals surface area (Å²) in [6.45, 7) is 4.77. The number of nitrogens with two attached hydrogens (primary N) is 1. The second kappa shape index (κ2) is 8.58. The molecule has 3 aliphatic carbocycles. The minimum Gasteiger partial charge on any atom is -0.494 e. The molecule has 5 rings (SSSR count). The Hall–Kier alpha value is -1.46. The topological polar surface area (TPSA) is 73.6 Å². The number of benzene rings is 1. The lowest BCUT2D eigenvalue weighted by molar-refractivity contribution is -0.128. The first-order chi connectivity index (χ1) is 14.0. The first-order valence-corrected chi connectivity index (χ1v) is 11.6. The van der Waals surface area contributed by atoms with Crippen molar-refractivity contribution in [1.82, 2.24) is 5.32 Å². The molecule has 30 heavy (non-hydrogen) atoms. The summed E-state index contributed by atoms with van der Waals surface area (Å²) in [7, 11) is 0. The third kappa shape index (κ3) is 4.03. The lowest BCUT2D eigenvalue weighted by Gasteiger charge is -2.43. The van der Waals surface area contributed by atoms with E-state index in [1.54, 1.807) is 0 Å². The maximum Gasteiger partial charge on any atom is 0.223 e. The van der Waals surface area contributed by atoms with Crippen molar-refractivity contribution in [2.24, 2.45) is 23.5 Å². The standard InChI is InChI=1S/C24H34N2O3.ClH/c1-3-28-22-10-16-7-13(2)29-21(16)12-19(22)18-11-20(18)26-24(27)17-8-14-5-4-6-15(9-17)23(14)25;/h10,12-15,17-18,20,23H,3-9,11,25H2,1-2H3,(H,26,27);1H. The Balaban J connectivity index is 0.00000218. The fourth-order valence-corrected chi connectivity index (χ4v) is 6.03. The van der Waals surface area contributed by atoms with Crippen molar-refractivity contribution < 1.29 is 14.3 Å². The zero-order chi connectivity index (χ0) is 20.1. The summed E-state index contributed by atoms with van der Waals surface area (Å²) in [5.41, 5.74) is 8.82. The molecule has 1 amide bonds.